The number of hydrogen-bond acceptors (Lipinski definition) is 3. The maximum absolute atomic E-state index is 10.4. The summed E-state index contributed by atoms with van der Waals surface area (Å²) in [5, 5.41) is 18.2. The van der Waals surface area contributed by atoms with Crippen LogP contribution in [0.4, 0.5) is 0 Å². The molecule has 3 nitrogen and oxygen atoms in total. The molecule has 0 aliphatic rings. The lowest BCUT2D eigenvalue weighted by molar-refractivity contribution is -0.109. The molecule has 0 aliphatic heterocycles. The van der Waals surface area contributed by atoms with Crippen molar-refractivity contribution < 1.29 is 15.0 Å². The summed E-state index contributed by atoms with van der Waals surface area (Å²) in [6, 6.07) is 0. The predicted octanol–water partition coefficient (Wildman–Crippen LogP) is 1.76. The number of hydrogen-bond donors (Lipinski definition) is 2. The van der Waals surface area contributed by atoms with E-state index in [1.54, 1.807) is 0 Å². The average Bonchev–Trinajstić information content (AvgIpc) is 2.20. The SMILES string of the molecule is CC(C)C(CC=O)CCC(O)CCCO. The van der Waals surface area contributed by atoms with Crippen LogP contribution >= 0.6 is 0 Å². The van der Waals surface area contributed by atoms with Gasteiger partial charge in [-0.1, -0.05) is 13.8 Å². The monoisotopic (exact) mass is 216 g/mol. The Morgan fingerprint density at radius 1 is 1.20 bits per heavy atom. The molecule has 0 saturated carbocycles. The maximum Gasteiger partial charge on any atom is 0.120 e. The highest BCUT2D eigenvalue weighted by Crippen LogP contribution is 2.21. The fraction of sp³-hybridized carbons (Fsp3) is 0.917. The van der Waals surface area contributed by atoms with E-state index >= 15 is 0 Å². The molecule has 3 heteroatoms. The second-order valence-electron chi connectivity index (χ2n) is 4.50. The van der Waals surface area contributed by atoms with Gasteiger partial charge in [0.2, 0.25) is 0 Å². The molecule has 0 aromatic rings. The lowest BCUT2D eigenvalue weighted by atomic mass is 9.87. The Hall–Kier alpha value is -0.410. The summed E-state index contributed by atoms with van der Waals surface area (Å²) in [4.78, 5) is 10.4. The summed E-state index contributed by atoms with van der Waals surface area (Å²) >= 11 is 0. The first kappa shape index (κ1) is 14.6. The van der Waals surface area contributed by atoms with E-state index in [0.29, 0.717) is 31.1 Å². The van der Waals surface area contributed by atoms with Gasteiger partial charge in [0.15, 0.2) is 0 Å². The van der Waals surface area contributed by atoms with E-state index in [1.807, 2.05) is 0 Å². The van der Waals surface area contributed by atoms with Gasteiger partial charge < -0.3 is 15.0 Å². The fourth-order valence-electron chi connectivity index (χ4n) is 1.72. The zero-order valence-electron chi connectivity index (χ0n) is 9.85. The molecule has 0 spiro atoms. The summed E-state index contributed by atoms with van der Waals surface area (Å²) in [5.74, 6) is 0.867. The highest BCUT2D eigenvalue weighted by atomic mass is 16.3. The highest BCUT2D eigenvalue weighted by Gasteiger charge is 2.14. The van der Waals surface area contributed by atoms with E-state index in [0.717, 1.165) is 19.1 Å². The summed E-state index contributed by atoms with van der Waals surface area (Å²) in [7, 11) is 0. The highest BCUT2D eigenvalue weighted by molar-refractivity contribution is 5.49. The Morgan fingerprint density at radius 2 is 1.87 bits per heavy atom. The average molecular weight is 216 g/mol. The van der Waals surface area contributed by atoms with Crippen molar-refractivity contribution in [2.75, 3.05) is 6.61 Å². The molecule has 90 valence electrons. The molecule has 0 aromatic carbocycles. The Bertz CT molecular complexity index is 157. The van der Waals surface area contributed by atoms with Gasteiger partial charge in [-0.25, -0.2) is 0 Å². The molecular weight excluding hydrogens is 192 g/mol. The zero-order chi connectivity index (χ0) is 11.7. The van der Waals surface area contributed by atoms with E-state index in [2.05, 4.69) is 13.8 Å². The van der Waals surface area contributed by atoms with Gasteiger partial charge >= 0.3 is 0 Å². The third-order valence-electron chi connectivity index (χ3n) is 2.91. The second-order valence-corrected chi connectivity index (χ2v) is 4.50. The second kappa shape index (κ2) is 8.86. The van der Waals surface area contributed by atoms with Crippen molar-refractivity contribution in [1.29, 1.82) is 0 Å². The zero-order valence-corrected chi connectivity index (χ0v) is 9.85. The maximum atomic E-state index is 10.4. The molecular formula is C12H24O3. The van der Waals surface area contributed by atoms with Crippen LogP contribution in [0.1, 0.15) is 46.0 Å². The van der Waals surface area contributed by atoms with Crippen molar-refractivity contribution >= 4 is 6.29 Å². The molecule has 0 aliphatic carbocycles. The number of carbonyl (C=O) groups excluding carboxylic acids is 1. The van der Waals surface area contributed by atoms with Gasteiger partial charge in [-0.05, 0) is 37.5 Å². The number of rotatable bonds is 9. The summed E-state index contributed by atoms with van der Waals surface area (Å²) in [6.07, 6.45) is 4.16. The molecule has 0 fully saturated rings. The topological polar surface area (TPSA) is 57.5 Å². The molecule has 15 heavy (non-hydrogen) atoms. The van der Waals surface area contributed by atoms with Gasteiger partial charge in [0.05, 0.1) is 6.10 Å². The number of carbonyl (C=O) groups is 1. The van der Waals surface area contributed by atoms with Gasteiger partial charge in [-0.3, -0.25) is 0 Å². The molecule has 0 bridgehead atoms. The third kappa shape index (κ3) is 7.51. The van der Waals surface area contributed by atoms with E-state index in [1.165, 1.54) is 0 Å². The molecule has 0 heterocycles. The van der Waals surface area contributed by atoms with E-state index in [9.17, 15) is 9.90 Å². The van der Waals surface area contributed by atoms with Gasteiger partial charge in [-0.2, -0.15) is 0 Å². The Morgan fingerprint density at radius 3 is 2.33 bits per heavy atom. The van der Waals surface area contributed by atoms with Gasteiger partial charge in [0.1, 0.15) is 6.29 Å². The van der Waals surface area contributed by atoms with Gasteiger partial charge in [0, 0.05) is 13.0 Å². The van der Waals surface area contributed by atoms with Crippen molar-refractivity contribution in [1.82, 2.24) is 0 Å². The van der Waals surface area contributed by atoms with Crippen LogP contribution in [0, 0.1) is 11.8 Å². The minimum Gasteiger partial charge on any atom is -0.396 e. The fourth-order valence-corrected chi connectivity index (χ4v) is 1.72. The largest absolute Gasteiger partial charge is 0.396 e. The van der Waals surface area contributed by atoms with Crippen LogP contribution in [0.5, 0.6) is 0 Å². The minimum atomic E-state index is -0.329. The first-order valence-electron chi connectivity index (χ1n) is 5.84. The summed E-state index contributed by atoms with van der Waals surface area (Å²) in [6.45, 7) is 4.35. The minimum absolute atomic E-state index is 0.138. The summed E-state index contributed by atoms with van der Waals surface area (Å²) < 4.78 is 0. The van der Waals surface area contributed by atoms with Crippen molar-refractivity contribution in [2.45, 2.75) is 52.1 Å². The number of aliphatic hydroxyl groups excluding tert-OH is 2. The van der Waals surface area contributed by atoms with Gasteiger partial charge in [-0.15, -0.1) is 0 Å². The van der Waals surface area contributed by atoms with Crippen molar-refractivity contribution in [3.05, 3.63) is 0 Å². The van der Waals surface area contributed by atoms with E-state index in [-0.39, 0.29) is 12.7 Å². The Kier molecular flexibility index (Phi) is 8.62. The van der Waals surface area contributed by atoms with Crippen LogP contribution in [-0.4, -0.2) is 29.2 Å². The Labute approximate surface area is 92.5 Å². The standard InChI is InChI=1S/C12H24O3/c1-10(2)11(7-9-14)5-6-12(15)4-3-8-13/h9-13,15H,3-8H2,1-2H3. The van der Waals surface area contributed by atoms with Crippen LogP contribution < -0.4 is 0 Å². The van der Waals surface area contributed by atoms with Crippen molar-refractivity contribution in [2.24, 2.45) is 11.8 Å². The van der Waals surface area contributed by atoms with E-state index in [4.69, 9.17) is 5.11 Å². The molecule has 2 atom stereocenters. The summed E-state index contributed by atoms with van der Waals surface area (Å²) in [5.41, 5.74) is 0. The number of aliphatic hydroxyl groups is 2. The number of aldehydes is 1. The van der Waals surface area contributed by atoms with Crippen molar-refractivity contribution in [3.8, 4) is 0 Å². The van der Waals surface area contributed by atoms with Crippen LogP contribution in [0.2, 0.25) is 0 Å². The molecule has 0 aromatic heterocycles. The van der Waals surface area contributed by atoms with E-state index < -0.39 is 0 Å². The first-order valence-corrected chi connectivity index (χ1v) is 5.84. The van der Waals surface area contributed by atoms with Crippen molar-refractivity contribution in [3.63, 3.8) is 0 Å². The lowest BCUT2D eigenvalue weighted by Gasteiger charge is -2.19. The molecule has 0 radical (unpaired) electrons. The van der Waals surface area contributed by atoms with Crippen LogP contribution in [0.3, 0.4) is 0 Å². The molecule has 0 amide bonds. The normalized spacial score (nSPS) is 15.3. The lowest BCUT2D eigenvalue weighted by Crippen LogP contribution is -2.14. The Balaban J connectivity index is 3.72. The van der Waals surface area contributed by atoms with Gasteiger partial charge in [0.25, 0.3) is 0 Å². The molecule has 0 rings (SSSR count). The molecule has 0 saturated heterocycles. The quantitative estimate of drug-likeness (QED) is 0.577. The third-order valence-corrected chi connectivity index (χ3v) is 2.91. The molecule has 2 N–H and O–H groups in total. The van der Waals surface area contributed by atoms with Crippen LogP contribution in [0.25, 0.3) is 0 Å². The predicted molar refractivity (Wildman–Crippen MR) is 60.6 cm³/mol. The first-order chi connectivity index (χ1) is 7.11. The molecule has 2 unspecified atom stereocenters. The smallest absolute Gasteiger partial charge is 0.120 e. The van der Waals surface area contributed by atoms with Crippen LogP contribution in [-0.2, 0) is 4.79 Å². The van der Waals surface area contributed by atoms with Crippen LogP contribution in [0.15, 0.2) is 0 Å².